The number of para-hydroxylation sites is 1. The van der Waals surface area contributed by atoms with Gasteiger partial charge in [0.2, 0.25) is 0 Å². The highest BCUT2D eigenvalue weighted by molar-refractivity contribution is 6.13. The van der Waals surface area contributed by atoms with Crippen LogP contribution in [0.5, 0.6) is 0 Å². The molecular formula is C23H19N3. The molecule has 0 aliphatic heterocycles. The molecule has 0 fully saturated rings. The number of nitrogen functional groups attached to an aromatic ring is 1. The van der Waals surface area contributed by atoms with E-state index in [9.17, 15) is 0 Å². The molecule has 3 N–H and O–H groups in total. The molecule has 0 atom stereocenters. The maximum Gasteiger partial charge on any atom is 0.0945 e. The Balaban J connectivity index is 1.70. The van der Waals surface area contributed by atoms with Gasteiger partial charge in [-0.1, -0.05) is 72.8 Å². The normalized spacial score (nSPS) is 10.6. The lowest BCUT2D eigenvalue weighted by molar-refractivity contribution is 1.06. The van der Waals surface area contributed by atoms with Gasteiger partial charge < -0.3 is 10.3 Å². The van der Waals surface area contributed by atoms with Crippen LogP contribution < -0.4 is 5.73 Å². The van der Waals surface area contributed by atoms with Gasteiger partial charge in [-0.05, 0) is 29.3 Å². The summed E-state index contributed by atoms with van der Waals surface area (Å²) in [6.45, 7) is 0. The maximum absolute atomic E-state index is 8.69. The number of hydrogen-bond acceptors (Lipinski definition) is 2. The summed E-state index contributed by atoms with van der Waals surface area (Å²) >= 11 is 0. The van der Waals surface area contributed by atoms with E-state index in [-0.39, 0.29) is 0 Å². The lowest BCUT2D eigenvalue weighted by Crippen LogP contribution is -2.10. The van der Waals surface area contributed by atoms with Gasteiger partial charge in [0.15, 0.2) is 0 Å². The van der Waals surface area contributed by atoms with Crippen molar-refractivity contribution >= 4 is 11.4 Å². The van der Waals surface area contributed by atoms with Crippen LogP contribution >= 0.6 is 0 Å². The van der Waals surface area contributed by atoms with Gasteiger partial charge in [-0.3, -0.25) is 5.41 Å². The van der Waals surface area contributed by atoms with Crippen LogP contribution in [0.2, 0.25) is 0 Å². The number of anilines is 1. The summed E-state index contributed by atoms with van der Waals surface area (Å²) in [7, 11) is 0. The Kier molecular flexibility index (Phi) is 4.12. The minimum atomic E-state index is 0.413. The molecule has 1 aromatic heterocycles. The van der Waals surface area contributed by atoms with E-state index in [0.29, 0.717) is 17.1 Å². The van der Waals surface area contributed by atoms with Crippen molar-refractivity contribution in [2.24, 2.45) is 0 Å². The molecule has 0 aliphatic rings. The van der Waals surface area contributed by atoms with Gasteiger partial charge in [-0.25, -0.2) is 0 Å². The van der Waals surface area contributed by atoms with Crippen molar-refractivity contribution in [3.63, 3.8) is 0 Å². The van der Waals surface area contributed by atoms with Crippen LogP contribution in [-0.2, 0) is 0 Å². The molecule has 3 heteroatoms. The quantitative estimate of drug-likeness (QED) is 0.498. The van der Waals surface area contributed by atoms with Crippen LogP contribution in [0, 0.1) is 5.41 Å². The molecule has 0 amide bonds. The maximum atomic E-state index is 8.69. The fraction of sp³-hybridized carbons (Fsp3) is 0. The Labute approximate surface area is 152 Å². The minimum Gasteiger partial charge on any atom is -0.397 e. The van der Waals surface area contributed by atoms with E-state index < -0.39 is 0 Å². The second kappa shape index (κ2) is 6.73. The van der Waals surface area contributed by atoms with Crippen molar-refractivity contribution < 1.29 is 0 Å². The second-order valence-corrected chi connectivity index (χ2v) is 6.14. The SMILES string of the molecule is N=C(c1ccc(-c2ccccc2)cc1)c1c(N)ccn1-c1ccccc1. The average molecular weight is 337 g/mol. The van der Waals surface area contributed by atoms with Gasteiger partial charge in [0.05, 0.1) is 17.1 Å². The molecule has 0 radical (unpaired) electrons. The summed E-state index contributed by atoms with van der Waals surface area (Å²) in [6, 6.07) is 30.1. The largest absolute Gasteiger partial charge is 0.397 e. The number of aromatic nitrogens is 1. The van der Waals surface area contributed by atoms with Crippen LogP contribution in [-0.4, -0.2) is 10.3 Å². The summed E-state index contributed by atoms with van der Waals surface area (Å²) < 4.78 is 1.96. The summed E-state index contributed by atoms with van der Waals surface area (Å²) in [5.41, 5.74) is 12.0. The topological polar surface area (TPSA) is 54.8 Å². The van der Waals surface area contributed by atoms with Crippen LogP contribution in [0.15, 0.2) is 97.2 Å². The van der Waals surface area contributed by atoms with Crippen molar-refractivity contribution in [3.05, 3.63) is 108 Å². The van der Waals surface area contributed by atoms with E-state index in [1.165, 1.54) is 0 Å². The Morgan fingerprint density at radius 2 is 1.27 bits per heavy atom. The molecule has 4 aromatic rings. The summed E-state index contributed by atoms with van der Waals surface area (Å²) in [4.78, 5) is 0. The number of rotatable bonds is 4. The molecule has 3 aromatic carbocycles. The third-order valence-corrected chi connectivity index (χ3v) is 4.47. The van der Waals surface area contributed by atoms with Crippen LogP contribution in [0.1, 0.15) is 11.3 Å². The van der Waals surface area contributed by atoms with E-state index in [2.05, 4.69) is 12.1 Å². The van der Waals surface area contributed by atoms with Crippen molar-refractivity contribution in [1.29, 1.82) is 5.41 Å². The average Bonchev–Trinajstić information content (AvgIpc) is 3.10. The van der Waals surface area contributed by atoms with Crippen LogP contribution in [0.25, 0.3) is 16.8 Å². The van der Waals surface area contributed by atoms with E-state index in [1.54, 1.807) is 0 Å². The first-order valence-corrected chi connectivity index (χ1v) is 8.51. The number of hydrogen-bond donors (Lipinski definition) is 2. The molecule has 3 nitrogen and oxygen atoms in total. The standard InChI is InChI=1S/C23H19N3/c24-21-15-16-26(20-9-5-2-6-10-20)23(21)22(25)19-13-11-18(12-14-19)17-7-3-1-4-8-17/h1-16,25H,24H2. The van der Waals surface area contributed by atoms with Gasteiger partial charge in [0.1, 0.15) is 0 Å². The Hall–Kier alpha value is -3.59. The molecule has 0 aliphatic carbocycles. The van der Waals surface area contributed by atoms with Gasteiger partial charge >= 0.3 is 0 Å². The molecule has 0 bridgehead atoms. The minimum absolute atomic E-state index is 0.413. The third kappa shape index (κ3) is 2.91. The molecule has 26 heavy (non-hydrogen) atoms. The predicted octanol–water partition coefficient (Wildman–Crippen LogP) is 5.14. The molecule has 0 spiro atoms. The monoisotopic (exact) mass is 337 g/mol. The van der Waals surface area contributed by atoms with E-state index in [1.807, 2.05) is 89.6 Å². The second-order valence-electron chi connectivity index (χ2n) is 6.14. The zero-order valence-corrected chi connectivity index (χ0v) is 14.3. The fourth-order valence-corrected chi connectivity index (χ4v) is 3.11. The summed E-state index contributed by atoms with van der Waals surface area (Å²) in [5, 5.41) is 8.69. The number of benzene rings is 3. The molecule has 0 saturated carbocycles. The number of nitrogens with two attached hydrogens (primary N) is 1. The molecule has 126 valence electrons. The first-order chi connectivity index (χ1) is 12.7. The molecule has 0 saturated heterocycles. The highest BCUT2D eigenvalue weighted by atomic mass is 15.0. The predicted molar refractivity (Wildman–Crippen MR) is 108 cm³/mol. The van der Waals surface area contributed by atoms with Gasteiger partial charge in [-0.15, -0.1) is 0 Å². The van der Waals surface area contributed by atoms with E-state index >= 15 is 0 Å². The first-order valence-electron chi connectivity index (χ1n) is 8.51. The first kappa shape index (κ1) is 15.9. The summed E-state index contributed by atoms with van der Waals surface area (Å²) in [6.07, 6.45) is 1.91. The smallest absolute Gasteiger partial charge is 0.0945 e. The Morgan fingerprint density at radius 3 is 1.92 bits per heavy atom. The van der Waals surface area contributed by atoms with Crippen molar-refractivity contribution in [2.75, 3.05) is 5.73 Å². The summed E-state index contributed by atoms with van der Waals surface area (Å²) in [5.74, 6) is 0. The van der Waals surface area contributed by atoms with Gasteiger partial charge in [0, 0.05) is 17.4 Å². The van der Waals surface area contributed by atoms with E-state index in [0.717, 1.165) is 22.4 Å². The lowest BCUT2D eigenvalue weighted by atomic mass is 10.0. The van der Waals surface area contributed by atoms with Crippen molar-refractivity contribution in [2.45, 2.75) is 0 Å². The molecule has 0 unspecified atom stereocenters. The fourth-order valence-electron chi connectivity index (χ4n) is 3.11. The van der Waals surface area contributed by atoms with Crippen molar-refractivity contribution in [3.8, 4) is 16.8 Å². The Bertz CT molecular complexity index is 1030. The molecule has 1 heterocycles. The highest BCUT2D eigenvalue weighted by Gasteiger charge is 2.15. The van der Waals surface area contributed by atoms with E-state index in [4.69, 9.17) is 11.1 Å². The van der Waals surface area contributed by atoms with Gasteiger partial charge in [-0.2, -0.15) is 0 Å². The number of nitrogens with zero attached hydrogens (tertiary/aromatic N) is 1. The third-order valence-electron chi connectivity index (χ3n) is 4.47. The van der Waals surface area contributed by atoms with Crippen LogP contribution in [0.4, 0.5) is 5.69 Å². The number of nitrogens with one attached hydrogen (secondary N) is 1. The Morgan fingerprint density at radius 1 is 0.692 bits per heavy atom. The lowest BCUT2D eigenvalue weighted by Gasteiger charge is -2.12. The van der Waals surface area contributed by atoms with Gasteiger partial charge in [0.25, 0.3) is 0 Å². The van der Waals surface area contributed by atoms with Crippen molar-refractivity contribution in [1.82, 2.24) is 4.57 Å². The van der Waals surface area contributed by atoms with Crippen LogP contribution in [0.3, 0.4) is 0 Å². The zero-order chi connectivity index (χ0) is 17.9. The zero-order valence-electron chi connectivity index (χ0n) is 14.3. The highest BCUT2D eigenvalue weighted by Crippen LogP contribution is 2.24. The molecular weight excluding hydrogens is 318 g/mol. The molecule has 4 rings (SSSR count).